The Kier molecular flexibility index (Phi) is 6.78. The maximum Gasteiger partial charge on any atom is 0.251 e. The summed E-state index contributed by atoms with van der Waals surface area (Å²) in [5.41, 5.74) is 2.63. The number of carbonyl (C=O) groups excluding carboxylic acids is 1. The number of aromatic amines is 1. The van der Waals surface area contributed by atoms with Gasteiger partial charge in [-0.1, -0.05) is 53.2 Å². The topological polar surface area (TPSA) is 74.8 Å². The van der Waals surface area contributed by atoms with Gasteiger partial charge in [0.1, 0.15) is 0 Å². The van der Waals surface area contributed by atoms with Crippen LogP contribution < -0.4 is 10.9 Å². The van der Waals surface area contributed by atoms with Crippen LogP contribution in [0.2, 0.25) is 10.0 Å². The first-order valence-electron chi connectivity index (χ1n) is 8.42. The van der Waals surface area contributed by atoms with Gasteiger partial charge in [-0.15, -0.1) is 0 Å². The Labute approximate surface area is 176 Å². The van der Waals surface area contributed by atoms with Crippen molar-refractivity contribution in [2.24, 2.45) is 0 Å². The van der Waals surface area contributed by atoms with Gasteiger partial charge in [0.05, 0.1) is 12.1 Å². The third-order valence-electron chi connectivity index (χ3n) is 3.83. The fourth-order valence-corrected chi connectivity index (χ4v) is 3.69. The Bertz CT molecular complexity index is 1070. The van der Waals surface area contributed by atoms with Crippen LogP contribution in [0.5, 0.6) is 0 Å². The highest BCUT2D eigenvalue weighted by atomic mass is 35.5. The van der Waals surface area contributed by atoms with Crippen molar-refractivity contribution in [3.05, 3.63) is 85.8 Å². The van der Waals surface area contributed by atoms with Gasteiger partial charge in [-0.3, -0.25) is 9.59 Å². The van der Waals surface area contributed by atoms with Gasteiger partial charge in [0.2, 0.25) is 5.91 Å². The van der Waals surface area contributed by atoms with E-state index in [1.165, 1.54) is 17.8 Å². The molecule has 0 spiro atoms. The van der Waals surface area contributed by atoms with E-state index in [0.29, 0.717) is 32.3 Å². The SMILES string of the molecule is Cc1ccc(NC(=O)Cc2cc(=O)[nH]c(SCc3cccc(Cl)c3)n2)cc1Cl. The molecule has 0 aliphatic carbocycles. The molecule has 0 saturated heterocycles. The fraction of sp³-hybridized carbons (Fsp3) is 0.150. The van der Waals surface area contributed by atoms with Crippen LogP contribution in [-0.2, 0) is 17.0 Å². The Hall–Kier alpha value is -2.28. The third-order valence-corrected chi connectivity index (χ3v) is 5.42. The molecular weight excluding hydrogens is 417 g/mol. The molecule has 1 aromatic heterocycles. The first-order valence-corrected chi connectivity index (χ1v) is 10.2. The fourth-order valence-electron chi connectivity index (χ4n) is 2.46. The second-order valence-electron chi connectivity index (χ2n) is 6.15. The molecule has 0 unspecified atom stereocenters. The zero-order valence-corrected chi connectivity index (χ0v) is 17.3. The molecule has 1 heterocycles. The van der Waals surface area contributed by atoms with E-state index in [1.54, 1.807) is 18.2 Å². The van der Waals surface area contributed by atoms with Gasteiger partial charge in [0.15, 0.2) is 5.16 Å². The maximum atomic E-state index is 12.3. The second kappa shape index (κ2) is 9.28. The van der Waals surface area contributed by atoms with E-state index in [0.717, 1.165) is 11.1 Å². The molecule has 5 nitrogen and oxygen atoms in total. The average Bonchev–Trinajstić information content (AvgIpc) is 2.63. The van der Waals surface area contributed by atoms with Gasteiger partial charge in [-0.05, 0) is 42.3 Å². The number of rotatable bonds is 6. The highest BCUT2D eigenvalue weighted by molar-refractivity contribution is 7.98. The summed E-state index contributed by atoms with van der Waals surface area (Å²) in [6.45, 7) is 1.89. The third kappa shape index (κ3) is 5.86. The van der Waals surface area contributed by atoms with Crippen molar-refractivity contribution < 1.29 is 4.79 Å². The number of carbonyl (C=O) groups is 1. The number of nitrogens with one attached hydrogen (secondary N) is 2. The molecule has 2 aromatic carbocycles. The number of amides is 1. The van der Waals surface area contributed by atoms with Crippen LogP contribution in [0, 0.1) is 6.92 Å². The number of thioether (sulfide) groups is 1. The van der Waals surface area contributed by atoms with Crippen LogP contribution in [0.15, 0.2) is 58.5 Å². The van der Waals surface area contributed by atoms with Crippen molar-refractivity contribution in [2.75, 3.05) is 5.32 Å². The Morgan fingerprint density at radius 2 is 2.00 bits per heavy atom. The predicted octanol–water partition coefficient (Wildman–Crippen LogP) is 4.86. The summed E-state index contributed by atoms with van der Waals surface area (Å²) in [4.78, 5) is 31.3. The summed E-state index contributed by atoms with van der Waals surface area (Å²) in [6, 6.07) is 14.1. The first-order chi connectivity index (χ1) is 13.4. The molecule has 3 rings (SSSR count). The van der Waals surface area contributed by atoms with E-state index in [4.69, 9.17) is 23.2 Å². The minimum absolute atomic E-state index is 0.0137. The van der Waals surface area contributed by atoms with Gasteiger partial charge in [-0.25, -0.2) is 4.98 Å². The molecule has 8 heteroatoms. The molecule has 0 atom stereocenters. The van der Waals surface area contributed by atoms with Crippen molar-refractivity contribution in [2.45, 2.75) is 24.3 Å². The molecule has 0 bridgehead atoms. The molecule has 2 N–H and O–H groups in total. The Balaban J connectivity index is 1.66. The van der Waals surface area contributed by atoms with Gasteiger partial charge in [0, 0.05) is 27.6 Å². The van der Waals surface area contributed by atoms with E-state index >= 15 is 0 Å². The van der Waals surface area contributed by atoms with Crippen molar-refractivity contribution >= 4 is 46.6 Å². The Morgan fingerprint density at radius 3 is 2.75 bits per heavy atom. The number of aryl methyl sites for hydroxylation is 1. The molecule has 0 aliphatic rings. The van der Waals surface area contributed by atoms with Crippen LogP contribution in [0.4, 0.5) is 5.69 Å². The van der Waals surface area contributed by atoms with Crippen LogP contribution in [0.25, 0.3) is 0 Å². The summed E-state index contributed by atoms with van der Waals surface area (Å²) in [6.07, 6.45) is -0.0137. The van der Waals surface area contributed by atoms with E-state index < -0.39 is 0 Å². The van der Waals surface area contributed by atoms with Crippen molar-refractivity contribution in [3.8, 4) is 0 Å². The van der Waals surface area contributed by atoms with Gasteiger partial charge >= 0.3 is 0 Å². The maximum absolute atomic E-state index is 12.3. The van der Waals surface area contributed by atoms with Crippen LogP contribution in [-0.4, -0.2) is 15.9 Å². The molecule has 0 saturated carbocycles. The second-order valence-corrected chi connectivity index (χ2v) is 7.96. The lowest BCUT2D eigenvalue weighted by Gasteiger charge is -2.07. The predicted molar refractivity (Wildman–Crippen MR) is 114 cm³/mol. The molecule has 144 valence electrons. The number of nitrogens with zero attached hydrogens (tertiary/aromatic N) is 1. The van der Waals surface area contributed by atoms with Gasteiger partial charge in [0.25, 0.3) is 5.56 Å². The standard InChI is InChI=1S/C20H17Cl2N3O2S/c1-12-5-6-15(8-17(12)22)23-18(26)9-16-10-19(27)25-20(24-16)28-11-13-3-2-4-14(21)7-13/h2-8,10H,9,11H2,1H3,(H,23,26)(H,24,25,27). The molecule has 0 fully saturated rings. The quantitative estimate of drug-likeness (QED) is 0.429. The van der Waals surface area contributed by atoms with Crippen molar-refractivity contribution in [1.82, 2.24) is 9.97 Å². The van der Waals surface area contributed by atoms with E-state index in [1.807, 2.05) is 31.2 Å². The van der Waals surface area contributed by atoms with Crippen LogP contribution >= 0.6 is 35.0 Å². The van der Waals surface area contributed by atoms with E-state index in [-0.39, 0.29) is 17.9 Å². The number of hydrogen-bond donors (Lipinski definition) is 2. The van der Waals surface area contributed by atoms with Crippen LogP contribution in [0.1, 0.15) is 16.8 Å². The summed E-state index contributed by atoms with van der Waals surface area (Å²) in [5, 5.41) is 4.45. The number of aromatic nitrogens is 2. The monoisotopic (exact) mass is 433 g/mol. The molecule has 28 heavy (non-hydrogen) atoms. The summed E-state index contributed by atoms with van der Waals surface area (Å²) < 4.78 is 0. The molecule has 0 radical (unpaired) electrons. The number of H-pyrrole nitrogens is 1. The smallest absolute Gasteiger partial charge is 0.251 e. The zero-order valence-electron chi connectivity index (χ0n) is 15.0. The molecular formula is C20H17Cl2N3O2S. The number of halogens is 2. The molecule has 0 aliphatic heterocycles. The largest absolute Gasteiger partial charge is 0.326 e. The van der Waals surface area contributed by atoms with Crippen molar-refractivity contribution in [3.63, 3.8) is 0 Å². The van der Waals surface area contributed by atoms with E-state index in [2.05, 4.69) is 15.3 Å². The average molecular weight is 434 g/mol. The number of anilines is 1. The zero-order chi connectivity index (χ0) is 20.1. The molecule has 1 amide bonds. The van der Waals surface area contributed by atoms with Gasteiger partial charge in [-0.2, -0.15) is 0 Å². The van der Waals surface area contributed by atoms with Gasteiger partial charge < -0.3 is 10.3 Å². The summed E-state index contributed by atoms with van der Waals surface area (Å²) in [5.74, 6) is 0.324. The van der Waals surface area contributed by atoms with Crippen LogP contribution in [0.3, 0.4) is 0 Å². The molecule has 3 aromatic rings. The summed E-state index contributed by atoms with van der Waals surface area (Å²) >= 11 is 13.4. The van der Waals surface area contributed by atoms with Crippen molar-refractivity contribution in [1.29, 1.82) is 0 Å². The summed E-state index contributed by atoms with van der Waals surface area (Å²) in [7, 11) is 0. The van der Waals surface area contributed by atoms with E-state index in [9.17, 15) is 9.59 Å². The highest BCUT2D eigenvalue weighted by Gasteiger charge is 2.09. The highest BCUT2D eigenvalue weighted by Crippen LogP contribution is 2.22. The lowest BCUT2D eigenvalue weighted by Crippen LogP contribution is -2.18. The minimum Gasteiger partial charge on any atom is -0.326 e. The lowest BCUT2D eigenvalue weighted by atomic mass is 10.2. The minimum atomic E-state index is -0.301. The number of hydrogen-bond acceptors (Lipinski definition) is 4. The first kappa shape index (κ1) is 20.5. The lowest BCUT2D eigenvalue weighted by molar-refractivity contribution is -0.115. The number of benzene rings is 2. The Morgan fingerprint density at radius 1 is 1.18 bits per heavy atom. The normalized spacial score (nSPS) is 10.7.